The van der Waals surface area contributed by atoms with E-state index in [1.54, 1.807) is 0 Å². The molecule has 1 aromatic heterocycles. The quantitative estimate of drug-likeness (QED) is 0.388. The second-order valence-corrected chi connectivity index (χ2v) is 8.32. The Balaban J connectivity index is 1.40. The Hall–Kier alpha value is -4.13. The predicted molar refractivity (Wildman–Crippen MR) is 132 cm³/mol. The summed E-state index contributed by atoms with van der Waals surface area (Å²) in [7, 11) is 0. The first kappa shape index (κ1) is 23.0. The molecule has 0 fully saturated rings. The summed E-state index contributed by atoms with van der Waals surface area (Å²) in [5.41, 5.74) is 3.39. The number of nitrogens with one attached hydrogen (secondary N) is 2. The van der Waals surface area contributed by atoms with Crippen LogP contribution in [0.1, 0.15) is 25.2 Å². The van der Waals surface area contributed by atoms with Gasteiger partial charge in [-0.05, 0) is 42.0 Å². The van der Waals surface area contributed by atoms with Crippen LogP contribution < -0.4 is 15.4 Å². The number of rotatable bonds is 9. The van der Waals surface area contributed by atoms with Gasteiger partial charge in [0, 0.05) is 18.2 Å². The number of nitrogens with zero attached hydrogens (tertiary/aromatic N) is 2. The van der Waals surface area contributed by atoms with Gasteiger partial charge in [0.05, 0.1) is 11.0 Å². The van der Waals surface area contributed by atoms with Crippen LogP contribution in [0.15, 0.2) is 78.9 Å². The average Bonchev–Trinajstić information content (AvgIpc) is 3.20. The highest BCUT2D eigenvalue weighted by Crippen LogP contribution is 2.18. The highest BCUT2D eigenvalue weighted by Gasteiger charge is 2.14. The molecule has 0 bridgehead atoms. The summed E-state index contributed by atoms with van der Waals surface area (Å²) in [4.78, 5) is 29.3. The lowest BCUT2D eigenvalue weighted by Crippen LogP contribution is -2.28. The lowest BCUT2D eigenvalue weighted by molar-refractivity contribution is -0.122. The van der Waals surface area contributed by atoms with E-state index in [0.717, 1.165) is 28.0 Å². The number of carbonyl (C=O) groups excluding carboxylic acids is 2. The third kappa shape index (κ3) is 5.81. The molecule has 4 aromatic rings. The molecule has 7 nitrogen and oxygen atoms in total. The van der Waals surface area contributed by atoms with Crippen LogP contribution in [0.5, 0.6) is 5.75 Å². The number of fused-ring (bicyclic) bond motifs is 1. The van der Waals surface area contributed by atoms with E-state index < -0.39 is 0 Å². The number of anilines is 1. The molecule has 0 atom stereocenters. The number of benzene rings is 3. The van der Waals surface area contributed by atoms with E-state index in [2.05, 4.69) is 15.6 Å². The molecular formula is C27H28N4O3. The standard InChI is InChI=1S/C27H28N4O3/c1-19(2)27(33)29-21-14-12-20(13-15-21)16-28-26(32)17-31-24-11-7-6-10-23(24)30-25(31)18-34-22-8-4-3-5-9-22/h3-15,19H,16-18H2,1-2H3,(H,28,32)(H,29,33). The van der Waals surface area contributed by atoms with Crippen LogP contribution in [0.3, 0.4) is 0 Å². The Morgan fingerprint density at radius 2 is 1.65 bits per heavy atom. The molecular weight excluding hydrogens is 428 g/mol. The summed E-state index contributed by atoms with van der Waals surface area (Å²) in [5, 5.41) is 5.83. The molecule has 4 rings (SSSR count). The first-order valence-electron chi connectivity index (χ1n) is 11.3. The predicted octanol–water partition coefficient (Wildman–Crippen LogP) is 4.53. The summed E-state index contributed by atoms with van der Waals surface area (Å²) >= 11 is 0. The molecule has 7 heteroatoms. The first-order valence-corrected chi connectivity index (χ1v) is 11.3. The number of imidazole rings is 1. The van der Waals surface area contributed by atoms with Gasteiger partial charge in [0.25, 0.3) is 0 Å². The molecule has 2 amide bonds. The number of carbonyl (C=O) groups is 2. The van der Waals surface area contributed by atoms with Gasteiger partial charge in [-0.15, -0.1) is 0 Å². The van der Waals surface area contributed by atoms with Gasteiger partial charge in [0.15, 0.2) is 0 Å². The monoisotopic (exact) mass is 456 g/mol. The lowest BCUT2D eigenvalue weighted by Gasteiger charge is -2.12. The largest absolute Gasteiger partial charge is 0.486 e. The average molecular weight is 457 g/mol. The maximum absolute atomic E-state index is 12.8. The zero-order chi connectivity index (χ0) is 23.9. The zero-order valence-corrected chi connectivity index (χ0v) is 19.3. The molecule has 0 aliphatic heterocycles. The number of amides is 2. The van der Waals surface area contributed by atoms with Crippen molar-refractivity contribution in [3.63, 3.8) is 0 Å². The fourth-order valence-corrected chi connectivity index (χ4v) is 3.47. The van der Waals surface area contributed by atoms with Gasteiger partial charge < -0.3 is 19.9 Å². The number of aromatic nitrogens is 2. The summed E-state index contributed by atoms with van der Waals surface area (Å²) < 4.78 is 7.77. The third-order valence-corrected chi connectivity index (χ3v) is 5.38. The van der Waals surface area contributed by atoms with Crippen molar-refractivity contribution in [2.75, 3.05) is 5.32 Å². The Bertz CT molecular complexity index is 1260. The van der Waals surface area contributed by atoms with Gasteiger partial charge in [-0.25, -0.2) is 4.98 Å². The summed E-state index contributed by atoms with van der Waals surface area (Å²) in [6.07, 6.45) is 0. The van der Waals surface area contributed by atoms with Gasteiger partial charge >= 0.3 is 0 Å². The van der Waals surface area contributed by atoms with Crippen molar-refractivity contribution in [2.45, 2.75) is 33.5 Å². The van der Waals surface area contributed by atoms with E-state index in [0.29, 0.717) is 12.4 Å². The topological polar surface area (TPSA) is 85.2 Å². The fourth-order valence-electron chi connectivity index (χ4n) is 3.47. The van der Waals surface area contributed by atoms with Crippen molar-refractivity contribution in [3.8, 4) is 5.75 Å². The van der Waals surface area contributed by atoms with Crippen LogP contribution in [0, 0.1) is 5.92 Å². The first-order chi connectivity index (χ1) is 16.5. The van der Waals surface area contributed by atoms with Crippen LogP contribution in [-0.2, 0) is 29.3 Å². The van der Waals surface area contributed by atoms with Gasteiger partial charge in [-0.1, -0.05) is 56.3 Å². The third-order valence-electron chi connectivity index (χ3n) is 5.38. The maximum Gasteiger partial charge on any atom is 0.240 e. The lowest BCUT2D eigenvalue weighted by atomic mass is 10.1. The van der Waals surface area contributed by atoms with E-state index in [9.17, 15) is 9.59 Å². The van der Waals surface area contributed by atoms with Gasteiger partial charge in [-0.2, -0.15) is 0 Å². The molecule has 174 valence electrons. The van der Waals surface area contributed by atoms with Crippen molar-refractivity contribution >= 4 is 28.5 Å². The van der Waals surface area contributed by atoms with E-state index in [1.165, 1.54) is 0 Å². The Kier molecular flexibility index (Phi) is 7.22. The fraction of sp³-hybridized carbons (Fsp3) is 0.222. The van der Waals surface area contributed by atoms with Crippen molar-refractivity contribution < 1.29 is 14.3 Å². The summed E-state index contributed by atoms with van der Waals surface area (Å²) in [6.45, 7) is 4.48. The highest BCUT2D eigenvalue weighted by molar-refractivity contribution is 5.92. The maximum atomic E-state index is 12.8. The number of ether oxygens (including phenoxy) is 1. The minimum absolute atomic E-state index is 0.0272. The van der Waals surface area contributed by atoms with Gasteiger partial charge in [0.2, 0.25) is 11.8 Å². The summed E-state index contributed by atoms with van der Waals surface area (Å²) in [6, 6.07) is 24.7. The van der Waals surface area contributed by atoms with Gasteiger partial charge in [0.1, 0.15) is 24.7 Å². The summed E-state index contributed by atoms with van der Waals surface area (Å²) in [5.74, 6) is 1.20. The minimum atomic E-state index is -0.124. The molecule has 0 saturated heterocycles. The molecule has 0 saturated carbocycles. The van der Waals surface area contributed by atoms with Gasteiger partial charge in [-0.3, -0.25) is 9.59 Å². The van der Waals surface area contributed by atoms with Crippen molar-refractivity contribution in [3.05, 3.63) is 90.3 Å². The smallest absolute Gasteiger partial charge is 0.240 e. The van der Waals surface area contributed by atoms with Crippen LogP contribution >= 0.6 is 0 Å². The van der Waals surface area contributed by atoms with Crippen molar-refractivity contribution in [1.82, 2.24) is 14.9 Å². The normalized spacial score (nSPS) is 10.9. The molecule has 0 radical (unpaired) electrons. The van der Waals surface area contributed by atoms with E-state index in [1.807, 2.05) is 97.3 Å². The second kappa shape index (κ2) is 10.7. The Labute approximate surface area is 198 Å². The number of hydrogen-bond acceptors (Lipinski definition) is 4. The molecule has 2 N–H and O–H groups in total. The molecule has 0 aliphatic rings. The SMILES string of the molecule is CC(C)C(=O)Nc1ccc(CNC(=O)Cn2c(COc3ccccc3)nc3ccccc32)cc1. The van der Waals surface area contributed by atoms with Crippen LogP contribution in [0.2, 0.25) is 0 Å². The zero-order valence-electron chi connectivity index (χ0n) is 19.3. The molecule has 0 spiro atoms. The molecule has 1 heterocycles. The van der Waals surface area contributed by atoms with Crippen LogP contribution in [0.25, 0.3) is 11.0 Å². The Morgan fingerprint density at radius 3 is 2.38 bits per heavy atom. The van der Waals surface area contributed by atoms with E-state index in [4.69, 9.17) is 4.74 Å². The van der Waals surface area contributed by atoms with Crippen molar-refractivity contribution in [1.29, 1.82) is 0 Å². The van der Waals surface area contributed by atoms with E-state index in [-0.39, 0.29) is 30.9 Å². The molecule has 34 heavy (non-hydrogen) atoms. The van der Waals surface area contributed by atoms with Crippen LogP contribution in [0.4, 0.5) is 5.69 Å². The Morgan fingerprint density at radius 1 is 0.941 bits per heavy atom. The highest BCUT2D eigenvalue weighted by atomic mass is 16.5. The van der Waals surface area contributed by atoms with E-state index >= 15 is 0 Å². The molecule has 3 aromatic carbocycles. The molecule has 0 unspecified atom stereocenters. The van der Waals surface area contributed by atoms with Crippen molar-refractivity contribution in [2.24, 2.45) is 5.92 Å². The number of para-hydroxylation sites is 3. The minimum Gasteiger partial charge on any atom is -0.486 e. The molecule has 0 aliphatic carbocycles. The number of hydrogen-bond donors (Lipinski definition) is 2. The van der Waals surface area contributed by atoms with Crippen LogP contribution in [-0.4, -0.2) is 21.4 Å². The second-order valence-electron chi connectivity index (χ2n) is 8.32.